The van der Waals surface area contributed by atoms with Crippen molar-refractivity contribution in [3.8, 4) is 0 Å². The largest absolute Gasteiger partial charge is 0.280 e. The zero-order valence-electron chi connectivity index (χ0n) is 16.0. The molecule has 31 heavy (non-hydrogen) atoms. The van der Waals surface area contributed by atoms with Crippen LogP contribution in [0.15, 0.2) is 73.1 Å². The molecule has 0 radical (unpaired) electrons. The topological polar surface area (TPSA) is 89.2 Å². The summed E-state index contributed by atoms with van der Waals surface area (Å²) in [6.45, 7) is 0.286. The number of nitro benzene ring substituents is 1. The van der Waals surface area contributed by atoms with Gasteiger partial charge in [-0.1, -0.05) is 35.1 Å². The zero-order valence-corrected chi connectivity index (χ0v) is 17.6. The molecule has 0 saturated heterocycles. The SMILES string of the molecule is O=C(/C=C\c1ccc([N+](=O)[O-])cc1)N(Cc1cccnc1)c1nc2c(Cl)cccc2s1. The lowest BCUT2D eigenvalue weighted by Gasteiger charge is -2.18. The Bertz CT molecular complexity index is 1270. The van der Waals surface area contributed by atoms with Gasteiger partial charge in [0.05, 0.1) is 21.2 Å². The number of para-hydroxylation sites is 1. The second kappa shape index (κ2) is 9.03. The van der Waals surface area contributed by atoms with Crippen molar-refractivity contribution in [1.29, 1.82) is 0 Å². The molecule has 2 aromatic heterocycles. The normalized spacial score (nSPS) is 11.1. The third-order valence-corrected chi connectivity index (χ3v) is 5.79. The minimum absolute atomic E-state index is 0.00645. The number of halogens is 1. The van der Waals surface area contributed by atoms with Gasteiger partial charge in [-0.3, -0.25) is 24.8 Å². The molecule has 0 aliphatic rings. The molecule has 4 rings (SSSR count). The second-order valence-electron chi connectivity index (χ2n) is 6.55. The maximum Gasteiger partial charge on any atom is 0.269 e. The molecule has 2 aromatic carbocycles. The van der Waals surface area contributed by atoms with E-state index in [0.29, 0.717) is 21.2 Å². The molecule has 0 spiro atoms. The van der Waals surface area contributed by atoms with E-state index in [1.807, 2.05) is 18.2 Å². The van der Waals surface area contributed by atoms with Crippen LogP contribution in [0.1, 0.15) is 11.1 Å². The number of carbonyl (C=O) groups excluding carboxylic acids is 1. The highest BCUT2D eigenvalue weighted by Crippen LogP contribution is 2.33. The molecular formula is C22H15ClN4O3S. The summed E-state index contributed by atoms with van der Waals surface area (Å²) < 4.78 is 0.880. The summed E-state index contributed by atoms with van der Waals surface area (Å²) in [5.74, 6) is -0.280. The summed E-state index contributed by atoms with van der Waals surface area (Å²) in [5.41, 5.74) is 2.16. The van der Waals surface area contributed by atoms with Gasteiger partial charge in [-0.15, -0.1) is 0 Å². The van der Waals surface area contributed by atoms with Gasteiger partial charge in [0, 0.05) is 30.6 Å². The number of carbonyl (C=O) groups is 1. The van der Waals surface area contributed by atoms with E-state index in [-0.39, 0.29) is 18.1 Å². The standard InChI is InChI=1S/C22H15ClN4O3S/c23-18-4-1-5-19-21(18)25-22(31-19)26(14-16-3-2-12-24-13-16)20(28)11-8-15-6-9-17(10-7-15)27(29)30/h1-13H,14H2/b11-8-. The molecule has 154 valence electrons. The number of aromatic nitrogens is 2. The number of pyridine rings is 1. The van der Waals surface area contributed by atoms with Crippen LogP contribution in [-0.2, 0) is 11.3 Å². The molecule has 0 fully saturated rings. The molecule has 1 amide bonds. The minimum Gasteiger partial charge on any atom is -0.280 e. The Morgan fingerprint density at radius 1 is 1.16 bits per heavy atom. The molecule has 0 atom stereocenters. The second-order valence-corrected chi connectivity index (χ2v) is 7.97. The van der Waals surface area contributed by atoms with Crippen molar-refractivity contribution in [3.63, 3.8) is 0 Å². The zero-order chi connectivity index (χ0) is 21.8. The van der Waals surface area contributed by atoms with Crippen molar-refractivity contribution in [2.24, 2.45) is 0 Å². The van der Waals surface area contributed by atoms with Gasteiger partial charge in [-0.05, 0) is 47.5 Å². The first kappa shape index (κ1) is 20.6. The third kappa shape index (κ3) is 4.76. The lowest BCUT2D eigenvalue weighted by molar-refractivity contribution is -0.384. The Balaban J connectivity index is 1.65. The van der Waals surface area contributed by atoms with Crippen LogP contribution in [-0.4, -0.2) is 20.8 Å². The van der Waals surface area contributed by atoms with Crippen LogP contribution in [0.3, 0.4) is 0 Å². The molecule has 4 aromatic rings. The minimum atomic E-state index is -0.466. The number of rotatable bonds is 6. The first-order valence-corrected chi connectivity index (χ1v) is 10.4. The van der Waals surface area contributed by atoms with Crippen LogP contribution < -0.4 is 4.90 Å². The van der Waals surface area contributed by atoms with Crippen LogP contribution in [0.4, 0.5) is 10.8 Å². The van der Waals surface area contributed by atoms with Gasteiger partial charge in [0.2, 0.25) is 0 Å². The summed E-state index contributed by atoms with van der Waals surface area (Å²) in [7, 11) is 0. The summed E-state index contributed by atoms with van der Waals surface area (Å²) >= 11 is 7.63. The van der Waals surface area contributed by atoms with Crippen LogP contribution >= 0.6 is 22.9 Å². The smallest absolute Gasteiger partial charge is 0.269 e. The van der Waals surface area contributed by atoms with Gasteiger partial charge < -0.3 is 0 Å². The monoisotopic (exact) mass is 450 g/mol. The molecule has 9 heteroatoms. The van der Waals surface area contributed by atoms with E-state index < -0.39 is 4.92 Å². The first-order chi connectivity index (χ1) is 15.0. The maximum absolute atomic E-state index is 13.1. The highest BCUT2D eigenvalue weighted by atomic mass is 35.5. The molecule has 0 unspecified atom stereocenters. The van der Waals surface area contributed by atoms with Gasteiger partial charge in [0.1, 0.15) is 5.52 Å². The molecule has 2 heterocycles. The maximum atomic E-state index is 13.1. The number of fused-ring (bicyclic) bond motifs is 1. The van der Waals surface area contributed by atoms with Crippen molar-refractivity contribution in [2.75, 3.05) is 4.90 Å². The predicted molar refractivity (Wildman–Crippen MR) is 122 cm³/mol. The number of benzene rings is 2. The number of nitrogens with zero attached hydrogens (tertiary/aromatic N) is 4. The first-order valence-electron chi connectivity index (χ1n) is 9.19. The predicted octanol–water partition coefficient (Wildman–Crippen LogP) is 5.50. The Labute approximate surface area is 186 Å². The van der Waals surface area contributed by atoms with E-state index in [1.165, 1.54) is 29.5 Å². The molecule has 7 nitrogen and oxygen atoms in total. The summed E-state index contributed by atoms with van der Waals surface area (Å²) in [6, 6.07) is 15.2. The van der Waals surface area contributed by atoms with Crippen molar-refractivity contribution in [1.82, 2.24) is 9.97 Å². The van der Waals surface area contributed by atoms with Crippen molar-refractivity contribution in [2.45, 2.75) is 6.54 Å². The number of anilines is 1. The van der Waals surface area contributed by atoms with Gasteiger partial charge >= 0.3 is 0 Å². The van der Waals surface area contributed by atoms with Crippen molar-refractivity contribution in [3.05, 3.63) is 99.3 Å². The Hall–Kier alpha value is -3.62. The molecule has 0 aliphatic carbocycles. The fraction of sp³-hybridized carbons (Fsp3) is 0.0455. The number of non-ortho nitro benzene ring substituents is 1. The van der Waals surface area contributed by atoms with Gasteiger partial charge in [-0.2, -0.15) is 0 Å². The third-order valence-electron chi connectivity index (χ3n) is 4.44. The lowest BCUT2D eigenvalue weighted by atomic mass is 10.2. The summed E-state index contributed by atoms with van der Waals surface area (Å²) in [6.07, 6.45) is 6.40. The van der Waals surface area contributed by atoms with E-state index in [4.69, 9.17) is 11.6 Å². The van der Waals surface area contributed by atoms with E-state index in [1.54, 1.807) is 47.6 Å². The molecule has 0 saturated carbocycles. The molecule has 0 aliphatic heterocycles. The Kier molecular flexibility index (Phi) is 6.01. The van der Waals surface area contributed by atoms with Crippen molar-refractivity contribution >= 4 is 56.0 Å². The van der Waals surface area contributed by atoms with E-state index in [9.17, 15) is 14.9 Å². The van der Waals surface area contributed by atoms with Crippen molar-refractivity contribution < 1.29 is 9.72 Å². The Morgan fingerprint density at radius 3 is 2.65 bits per heavy atom. The highest BCUT2D eigenvalue weighted by Gasteiger charge is 2.19. The summed E-state index contributed by atoms with van der Waals surface area (Å²) in [4.78, 5) is 33.7. The van der Waals surface area contributed by atoms with Crippen LogP contribution in [0, 0.1) is 10.1 Å². The van der Waals surface area contributed by atoms with Crippen LogP contribution in [0.5, 0.6) is 0 Å². The number of thiazole rings is 1. The van der Waals surface area contributed by atoms with E-state index in [2.05, 4.69) is 9.97 Å². The number of amides is 1. The summed E-state index contributed by atoms with van der Waals surface area (Å²) in [5, 5.41) is 11.8. The number of hydrogen-bond donors (Lipinski definition) is 0. The van der Waals surface area contributed by atoms with Gasteiger partial charge in [0.25, 0.3) is 11.6 Å². The molecular weight excluding hydrogens is 436 g/mol. The average molecular weight is 451 g/mol. The average Bonchev–Trinajstić information content (AvgIpc) is 3.22. The van der Waals surface area contributed by atoms with E-state index >= 15 is 0 Å². The molecule has 0 bridgehead atoms. The van der Waals surface area contributed by atoms with Crippen LogP contribution in [0.25, 0.3) is 16.3 Å². The highest BCUT2D eigenvalue weighted by molar-refractivity contribution is 7.22. The Morgan fingerprint density at radius 2 is 1.97 bits per heavy atom. The lowest BCUT2D eigenvalue weighted by Crippen LogP contribution is -2.28. The quantitative estimate of drug-likeness (QED) is 0.220. The van der Waals surface area contributed by atoms with Gasteiger partial charge in [0.15, 0.2) is 5.13 Å². The number of hydrogen-bond acceptors (Lipinski definition) is 6. The molecule has 0 N–H and O–H groups in total. The fourth-order valence-corrected chi connectivity index (χ4v) is 4.17. The number of nitro groups is 1. The fourth-order valence-electron chi connectivity index (χ4n) is 2.90. The van der Waals surface area contributed by atoms with Crippen LogP contribution in [0.2, 0.25) is 5.02 Å². The van der Waals surface area contributed by atoms with E-state index in [0.717, 1.165) is 10.3 Å². The van der Waals surface area contributed by atoms with Gasteiger partial charge in [-0.25, -0.2) is 4.98 Å².